The maximum atomic E-state index is 12.6. The Bertz CT molecular complexity index is 689. The molecule has 0 aliphatic carbocycles. The van der Waals surface area contributed by atoms with Crippen molar-refractivity contribution in [1.82, 2.24) is 10.2 Å². The molecule has 3 rings (SSSR count). The molecule has 0 spiro atoms. The van der Waals surface area contributed by atoms with Gasteiger partial charge in [0.05, 0.1) is 6.61 Å². The number of nitrogens with one attached hydrogen (secondary N) is 1. The number of rotatable bonds is 4. The number of fused-ring (bicyclic) bond motifs is 1. The topological polar surface area (TPSA) is 94.2 Å². The van der Waals surface area contributed by atoms with E-state index in [2.05, 4.69) is 5.32 Å². The number of amides is 3. The molecule has 8 nitrogen and oxygen atoms in total. The van der Waals surface area contributed by atoms with Crippen LogP contribution in [0.15, 0.2) is 18.2 Å². The summed E-state index contributed by atoms with van der Waals surface area (Å²) in [6.45, 7) is 3.11. The average molecular weight is 320 g/mol. The van der Waals surface area contributed by atoms with Gasteiger partial charge < -0.3 is 19.5 Å². The summed E-state index contributed by atoms with van der Waals surface area (Å²) in [5.74, 6) is -0.0625. The largest absolute Gasteiger partial charge is 0.465 e. The van der Waals surface area contributed by atoms with E-state index < -0.39 is 30.0 Å². The molecular formula is C15H16N2O6. The lowest BCUT2D eigenvalue weighted by Gasteiger charge is -2.22. The third-order valence-corrected chi connectivity index (χ3v) is 3.82. The predicted molar refractivity (Wildman–Crippen MR) is 76.8 cm³/mol. The van der Waals surface area contributed by atoms with Gasteiger partial charge in [0.15, 0.2) is 11.5 Å². The summed E-state index contributed by atoms with van der Waals surface area (Å²) in [6.07, 6.45) is 0. The zero-order chi connectivity index (χ0) is 16.6. The van der Waals surface area contributed by atoms with E-state index in [1.54, 1.807) is 32.0 Å². The molecule has 1 atom stereocenters. The molecule has 3 amide bonds. The lowest BCUT2D eigenvalue weighted by atomic mass is 9.91. The number of nitrogens with zero attached hydrogens (tertiary/aromatic N) is 1. The van der Waals surface area contributed by atoms with Gasteiger partial charge >= 0.3 is 12.0 Å². The van der Waals surface area contributed by atoms with Crippen molar-refractivity contribution in [3.05, 3.63) is 23.8 Å². The van der Waals surface area contributed by atoms with Crippen LogP contribution in [0.3, 0.4) is 0 Å². The molecule has 0 radical (unpaired) electrons. The summed E-state index contributed by atoms with van der Waals surface area (Å²) in [4.78, 5) is 37.1. The van der Waals surface area contributed by atoms with E-state index >= 15 is 0 Å². The Kier molecular flexibility index (Phi) is 3.59. The lowest BCUT2D eigenvalue weighted by molar-refractivity contribution is -0.147. The Hall–Kier alpha value is -2.77. The highest BCUT2D eigenvalue weighted by atomic mass is 16.7. The zero-order valence-electron chi connectivity index (χ0n) is 12.8. The Morgan fingerprint density at radius 3 is 2.83 bits per heavy atom. The Morgan fingerprint density at radius 1 is 1.35 bits per heavy atom. The number of urea groups is 1. The number of carbonyl (C=O) groups is 3. The van der Waals surface area contributed by atoms with Crippen molar-refractivity contribution >= 4 is 17.9 Å². The third-order valence-electron chi connectivity index (χ3n) is 3.82. The first-order chi connectivity index (χ1) is 11.0. The number of imide groups is 1. The van der Waals surface area contributed by atoms with Gasteiger partial charge in [0, 0.05) is 0 Å². The quantitative estimate of drug-likeness (QED) is 0.650. The highest BCUT2D eigenvalue weighted by Crippen LogP contribution is 2.37. The van der Waals surface area contributed by atoms with E-state index in [-0.39, 0.29) is 13.4 Å². The molecule has 122 valence electrons. The molecule has 0 unspecified atom stereocenters. The van der Waals surface area contributed by atoms with E-state index in [1.807, 2.05) is 0 Å². The summed E-state index contributed by atoms with van der Waals surface area (Å²) < 4.78 is 15.3. The van der Waals surface area contributed by atoms with Gasteiger partial charge in [-0.3, -0.25) is 14.5 Å². The maximum Gasteiger partial charge on any atom is 0.326 e. The molecular weight excluding hydrogens is 304 g/mol. The second kappa shape index (κ2) is 5.45. The standard InChI is InChI=1S/C15H16N2O6/c1-3-21-12(18)7-17-13(19)15(2,16-14(17)20)9-4-5-10-11(6-9)23-8-22-10/h4-6H,3,7-8H2,1-2H3,(H,16,20)/t15-/m1/s1. The molecule has 0 bridgehead atoms. The van der Waals surface area contributed by atoms with Crippen molar-refractivity contribution in [1.29, 1.82) is 0 Å². The summed E-state index contributed by atoms with van der Waals surface area (Å²) >= 11 is 0. The van der Waals surface area contributed by atoms with Gasteiger partial charge in [-0.25, -0.2) is 4.79 Å². The third kappa shape index (κ3) is 2.45. The van der Waals surface area contributed by atoms with Crippen LogP contribution < -0.4 is 14.8 Å². The maximum absolute atomic E-state index is 12.6. The van der Waals surface area contributed by atoms with Gasteiger partial charge in [0.25, 0.3) is 5.91 Å². The lowest BCUT2D eigenvalue weighted by Crippen LogP contribution is -2.41. The smallest absolute Gasteiger partial charge is 0.326 e. The second-order valence-electron chi connectivity index (χ2n) is 5.32. The van der Waals surface area contributed by atoms with Crippen molar-refractivity contribution in [2.24, 2.45) is 0 Å². The van der Waals surface area contributed by atoms with Crippen LogP contribution >= 0.6 is 0 Å². The van der Waals surface area contributed by atoms with Crippen LogP contribution in [-0.4, -0.2) is 42.8 Å². The number of benzene rings is 1. The number of hydrogen-bond acceptors (Lipinski definition) is 6. The van der Waals surface area contributed by atoms with Gasteiger partial charge in [-0.15, -0.1) is 0 Å². The van der Waals surface area contributed by atoms with Gasteiger partial charge in [-0.1, -0.05) is 6.07 Å². The molecule has 23 heavy (non-hydrogen) atoms. The van der Waals surface area contributed by atoms with Crippen LogP contribution in [0.4, 0.5) is 4.79 Å². The molecule has 1 aromatic rings. The highest BCUT2D eigenvalue weighted by molar-refractivity contribution is 6.08. The van der Waals surface area contributed by atoms with E-state index in [4.69, 9.17) is 14.2 Å². The van der Waals surface area contributed by atoms with E-state index in [1.165, 1.54) is 0 Å². The fourth-order valence-corrected chi connectivity index (χ4v) is 2.58. The van der Waals surface area contributed by atoms with Crippen LogP contribution in [0.25, 0.3) is 0 Å². The predicted octanol–water partition coefficient (Wildman–Crippen LogP) is 0.745. The molecule has 1 N–H and O–H groups in total. The number of carbonyl (C=O) groups excluding carboxylic acids is 3. The summed E-state index contributed by atoms with van der Waals surface area (Å²) in [5.41, 5.74) is -0.726. The van der Waals surface area contributed by atoms with Gasteiger partial charge in [0.2, 0.25) is 6.79 Å². The molecule has 1 aromatic carbocycles. The second-order valence-corrected chi connectivity index (χ2v) is 5.32. The number of hydrogen-bond donors (Lipinski definition) is 1. The van der Waals surface area contributed by atoms with Crippen LogP contribution in [0, 0.1) is 0 Å². The van der Waals surface area contributed by atoms with Crippen molar-refractivity contribution in [3.63, 3.8) is 0 Å². The molecule has 2 aliphatic heterocycles. The Balaban J connectivity index is 1.86. The summed E-state index contributed by atoms with van der Waals surface area (Å²) in [7, 11) is 0. The molecule has 0 aromatic heterocycles. The number of esters is 1. The zero-order valence-corrected chi connectivity index (χ0v) is 12.8. The van der Waals surface area contributed by atoms with E-state index in [9.17, 15) is 14.4 Å². The SMILES string of the molecule is CCOC(=O)CN1C(=O)N[C@](C)(c2ccc3c(c2)OCO3)C1=O. The summed E-state index contributed by atoms with van der Waals surface area (Å²) in [5, 5.41) is 2.62. The highest BCUT2D eigenvalue weighted by Gasteiger charge is 2.50. The monoisotopic (exact) mass is 320 g/mol. The van der Waals surface area contributed by atoms with Crippen LogP contribution in [-0.2, 0) is 19.9 Å². The molecule has 8 heteroatoms. The van der Waals surface area contributed by atoms with E-state index in [0.717, 1.165) is 4.90 Å². The van der Waals surface area contributed by atoms with Gasteiger partial charge in [0.1, 0.15) is 12.1 Å². The molecule has 1 saturated heterocycles. The minimum Gasteiger partial charge on any atom is -0.465 e. The van der Waals surface area contributed by atoms with Crippen LogP contribution in [0.1, 0.15) is 19.4 Å². The molecule has 0 saturated carbocycles. The summed E-state index contributed by atoms with van der Waals surface area (Å²) in [6, 6.07) is 4.37. The molecule has 1 fully saturated rings. The van der Waals surface area contributed by atoms with Crippen molar-refractivity contribution < 1.29 is 28.6 Å². The van der Waals surface area contributed by atoms with Crippen molar-refractivity contribution in [2.75, 3.05) is 19.9 Å². The Labute approximate surface area is 132 Å². The normalized spacial score (nSPS) is 22.3. The minimum absolute atomic E-state index is 0.116. The van der Waals surface area contributed by atoms with Gasteiger partial charge in [-0.2, -0.15) is 0 Å². The number of ether oxygens (including phenoxy) is 3. The van der Waals surface area contributed by atoms with Gasteiger partial charge in [-0.05, 0) is 31.5 Å². The first-order valence-corrected chi connectivity index (χ1v) is 7.15. The van der Waals surface area contributed by atoms with E-state index in [0.29, 0.717) is 17.1 Å². The molecule has 2 heterocycles. The average Bonchev–Trinajstić information content (AvgIpc) is 3.06. The fraction of sp³-hybridized carbons (Fsp3) is 0.400. The van der Waals surface area contributed by atoms with Crippen molar-refractivity contribution in [3.8, 4) is 11.5 Å². The Morgan fingerprint density at radius 2 is 2.09 bits per heavy atom. The first-order valence-electron chi connectivity index (χ1n) is 7.15. The molecule has 2 aliphatic rings. The minimum atomic E-state index is -1.27. The fourth-order valence-electron chi connectivity index (χ4n) is 2.58. The van der Waals surface area contributed by atoms with Crippen molar-refractivity contribution in [2.45, 2.75) is 19.4 Å². The first kappa shape index (κ1) is 15.1. The van der Waals surface area contributed by atoms with Crippen LogP contribution in [0.5, 0.6) is 11.5 Å². The van der Waals surface area contributed by atoms with Crippen LogP contribution in [0.2, 0.25) is 0 Å².